The number of thiol groups is 1. The van der Waals surface area contributed by atoms with E-state index in [1.807, 2.05) is 6.07 Å². The first-order valence-electron chi connectivity index (χ1n) is 4.61. The first-order valence-corrected chi connectivity index (χ1v) is 5.24. The molecule has 13 heavy (non-hydrogen) atoms. The summed E-state index contributed by atoms with van der Waals surface area (Å²) in [4.78, 5) is 0. The average Bonchev–Trinajstić information content (AvgIpc) is 2.16. The summed E-state index contributed by atoms with van der Waals surface area (Å²) in [7, 11) is 0. The van der Waals surface area contributed by atoms with Gasteiger partial charge in [-0.2, -0.15) is 12.6 Å². The summed E-state index contributed by atoms with van der Waals surface area (Å²) < 4.78 is 5.56. The maximum atomic E-state index is 5.56. The highest BCUT2D eigenvalue weighted by Crippen LogP contribution is 2.19. The summed E-state index contributed by atoms with van der Waals surface area (Å²) in [5, 5.41) is 0. The molecule has 0 aliphatic carbocycles. The van der Waals surface area contributed by atoms with Crippen molar-refractivity contribution in [3.63, 3.8) is 0 Å². The second-order valence-corrected chi connectivity index (χ2v) is 3.42. The van der Waals surface area contributed by atoms with Crippen LogP contribution in [-0.2, 0) is 5.75 Å². The highest BCUT2D eigenvalue weighted by atomic mass is 32.1. The van der Waals surface area contributed by atoms with Crippen LogP contribution >= 0.6 is 12.6 Å². The lowest BCUT2D eigenvalue weighted by molar-refractivity contribution is 0.315. The van der Waals surface area contributed by atoms with Crippen molar-refractivity contribution in [2.75, 3.05) is 6.61 Å². The molecule has 0 heterocycles. The molecule has 0 bridgehead atoms. The van der Waals surface area contributed by atoms with E-state index in [1.165, 1.54) is 11.1 Å². The predicted molar refractivity (Wildman–Crippen MR) is 59.7 cm³/mol. The number of hydrogen-bond acceptors (Lipinski definition) is 2. The van der Waals surface area contributed by atoms with Crippen molar-refractivity contribution in [2.45, 2.75) is 26.0 Å². The van der Waals surface area contributed by atoms with Gasteiger partial charge >= 0.3 is 0 Å². The standard InChI is InChI=1S/C11H16OS/c1-3-6-12-11-5-4-10(8-13)7-9(11)2/h4-5,7,13H,3,6,8H2,1-2H3. The van der Waals surface area contributed by atoms with Gasteiger partial charge in [0, 0.05) is 5.75 Å². The molecule has 1 rings (SSSR count). The van der Waals surface area contributed by atoms with Crippen LogP contribution in [0.15, 0.2) is 18.2 Å². The van der Waals surface area contributed by atoms with Gasteiger partial charge in [0.15, 0.2) is 0 Å². The number of hydrogen-bond donors (Lipinski definition) is 1. The fraction of sp³-hybridized carbons (Fsp3) is 0.455. The molecule has 0 amide bonds. The van der Waals surface area contributed by atoms with E-state index >= 15 is 0 Å². The summed E-state index contributed by atoms with van der Waals surface area (Å²) in [6.45, 7) is 4.97. The molecule has 2 heteroatoms. The third kappa shape index (κ3) is 2.96. The van der Waals surface area contributed by atoms with Gasteiger partial charge in [-0.1, -0.05) is 19.1 Å². The molecule has 1 aromatic rings. The lowest BCUT2D eigenvalue weighted by atomic mass is 10.1. The van der Waals surface area contributed by atoms with E-state index in [-0.39, 0.29) is 0 Å². The molecule has 0 aliphatic rings. The molecular weight excluding hydrogens is 180 g/mol. The summed E-state index contributed by atoms with van der Waals surface area (Å²) in [6, 6.07) is 6.21. The topological polar surface area (TPSA) is 9.23 Å². The van der Waals surface area contributed by atoms with Crippen molar-refractivity contribution in [1.82, 2.24) is 0 Å². The summed E-state index contributed by atoms with van der Waals surface area (Å²) in [6.07, 6.45) is 1.05. The highest BCUT2D eigenvalue weighted by Gasteiger charge is 1.99. The SMILES string of the molecule is CCCOc1ccc(CS)cc1C. The van der Waals surface area contributed by atoms with E-state index in [4.69, 9.17) is 4.74 Å². The molecule has 0 aliphatic heterocycles. The fourth-order valence-corrected chi connectivity index (χ4v) is 1.38. The van der Waals surface area contributed by atoms with Gasteiger partial charge in [-0.05, 0) is 30.5 Å². The number of ether oxygens (including phenoxy) is 1. The van der Waals surface area contributed by atoms with Crippen molar-refractivity contribution >= 4 is 12.6 Å². The highest BCUT2D eigenvalue weighted by molar-refractivity contribution is 7.79. The second-order valence-electron chi connectivity index (χ2n) is 3.11. The average molecular weight is 196 g/mol. The Bertz CT molecular complexity index is 271. The summed E-state index contributed by atoms with van der Waals surface area (Å²) in [5.41, 5.74) is 2.43. The first-order chi connectivity index (χ1) is 6.27. The third-order valence-corrected chi connectivity index (χ3v) is 2.25. The Morgan fingerprint density at radius 2 is 2.15 bits per heavy atom. The zero-order valence-corrected chi connectivity index (χ0v) is 9.10. The van der Waals surface area contributed by atoms with Crippen LogP contribution in [0.2, 0.25) is 0 Å². The van der Waals surface area contributed by atoms with Crippen molar-refractivity contribution in [3.05, 3.63) is 29.3 Å². The van der Waals surface area contributed by atoms with Crippen LogP contribution in [0.1, 0.15) is 24.5 Å². The molecule has 0 fully saturated rings. The summed E-state index contributed by atoms with van der Waals surface area (Å²) in [5.74, 6) is 1.78. The smallest absolute Gasteiger partial charge is 0.122 e. The van der Waals surface area contributed by atoms with E-state index in [1.54, 1.807) is 0 Å². The van der Waals surface area contributed by atoms with Crippen LogP contribution < -0.4 is 4.74 Å². The monoisotopic (exact) mass is 196 g/mol. The largest absolute Gasteiger partial charge is 0.493 e. The third-order valence-electron chi connectivity index (χ3n) is 1.88. The minimum absolute atomic E-state index is 0.787. The first kappa shape index (κ1) is 10.5. The van der Waals surface area contributed by atoms with Crippen LogP contribution in [0.4, 0.5) is 0 Å². The predicted octanol–water partition coefficient (Wildman–Crippen LogP) is 3.21. The van der Waals surface area contributed by atoms with Gasteiger partial charge in [0.05, 0.1) is 6.61 Å². The number of benzene rings is 1. The molecule has 0 N–H and O–H groups in total. The zero-order valence-electron chi connectivity index (χ0n) is 8.21. The lowest BCUT2D eigenvalue weighted by Gasteiger charge is -2.08. The molecule has 1 aromatic carbocycles. The Balaban J connectivity index is 2.73. The van der Waals surface area contributed by atoms with Gasteiger partial charge in [-0.25, -0.2) is 0 Å². The van der Waals surface area contributed by atoms with E-state index in [0.29, 0.717) is 0 Å². The summed E-state index contributed by atoms with van der Waals surface area (Å²) >= 11 is 4.22. The molecule has 0 aromatic heterocycles. The Morgan fingerprint density at radius 1 is 1.38 bits per heavy atom. The minimum atomic E-state index is 0.787. The normalized spacial score (nSPS) is 10.1. The molecule has 0 spiro atoms. The molecule has 72 valence electrons. The fourth-order valence-electron chi connectivity index (χ4n) is 1.18. The number of aryl methyl sites for hydroxylation is 1. The van der Waals surface area contributed by atoms with Crippen LogP contribution in [0, 0.1) is 6.92 Å². The van der Waals surface area contributed by atoms with E-state index < -0.39 is 0 Å². The Kier molecular flexibility index (Phi) is 4.16. The van der Waals surface area contributed by atoms with E-state index in [9.17, 15) is 0 Å². The lowest BCUT2D eigenvalue weighted by Crippen LogP contribution is -1.97. The maximum Gasteiger partial charge on any atom is 0.122 e. The minimum Gasteiger partial charge on any atom is -0.493 e. The zero-order chi connectivity index (χ0) is 9.68. The van der Waals surface area contributed by atoms with Gasteiger partial charge in [0.1, 0.15) is 5.75 Å². The molecule has 1 nitrogen and oxygen atoms in total. The van der Waals surface area contributed by atoms with Crippen LogP contribution in [0.25, 0.3) is 0 Å². The Labute approximate surface area is 85.5 Å². The van der Waals surface area contributed by atoms with Gasteiger partial charge in [-0.15, -0.1) is 0 Å². The number of rotatable bonds is 4. The molecule has 0 atom stereocenters. The molecule has 0 saturated heterocycles. The van der Waals surface area contributed by atoms with Crippen molar-refractivity contribution < 1.29 is 4.74 Å². The Morgan fingerprint density at radius 3 is 2.69 bits per heavy atom. The molecule has 0 saturated carbocycles. The van der Waals surface area contributed by atoms with E-state index in [2.05, 4.69) is 38.6 Å². The van der Waals surface area contributed by atoms with Crippen LogP contribution in [0.3, 0.4) is 0 Å². The second kappa shape index (κ2) is 5.18. The van der Waals surface area contributed by atoms with Crippen molar-refractivity contribution in [3.8, 4) is 5.75 Å². The van der Waals surface area contributed by atoms with Gasteiger partial charge in [0.2, 0.25) is 0 Å². The molecule has 0 unspecified atom stereocenters. The van der Waals surface area contributed by atoms with Crippen molar-refractivity contribution in [2.24, 2.45) is 0 Å². The molecular formula is C11H16OS. The van der Waals surface area contributed by atoms with E-state index in [0.717, 1.165) is 24.5 Å². The molecule has 0 radical (unpaired) electrons. The van der Waals surface area contributed by atoms with Gasteiger partial charge < -0.3 is 4.74 Å². The maximum absolute atomic E-state index is 5.56. The van der Waals surface area contributed by atoms with Crippen LogP contribution in [0.5, 0.6) is 5.75 Å². The Hall–Kier alpha value is -0.630. The quantitative estimate of drug-likeness (QED) is 0.727. The van der Waals surface area contributed by atoms with Gasteiger partial charge in [-0.3, -0.25) is 0 Å². The van der Waals surface area contributed by atoms with Gasteiger partial charge in [0.25, 0.3) is 0 Å². The van der Waals surface area contributed by atoms with Crippen molar-refractivity contribution in [1.29, 1.82) is 0 Å². The van der Waals surface area contributed by atoms with Crippen LogP contribution in [-0.4, -0.2) is 6.61 Å².